The number of aromatic nitrogens is 1. The molecule has 1 aliphatic heterocycles. The minimum Gasteiger partial charge on any atom is -0.320 e. The van der Waals surface area contributed by atoms with Crippen LogP contribution in [0.3, 0.4) is 0 Å². The fourth-order valence-electron chi connectivity index (χ4n) is 2.30. The highest BCUT2D eigenvalue weighted by molar-refractivity contribution is 7.16. The third-order valence-corrected chi connectivity index (χ3v) is 4.44. The molecule has 1 N–H and O–H groups in total. The Kier molecular flexibility index (Phi) is 2.99. The number of nitrogens with one attached hydrogen (secondary N) is 1. The second-order valence-electron chi connectivity index (χ2n) is 4.52. The largest absolute Gasteiger partial charge is 0.320 e. The summed E-state index contributed by atoms with van der Waals surface area (Å²) in [6.45, 7) is 2.20. The van der Waals surface area contributed by atoms with Crippen LogP contribution in [0.25, 0.3) is 10.2 Å². The van der Waals surface area contributed by atoms with Crippen molar-refractivity contribution >= 4 is 21.6 Å². The number of rotatable bonds is 1. The van der Waals surface area contributed by atoms with Crippen LogP contribution < -0.4 is 10.1 Å². The predicted molar refractivity (Wildman–Crippen MR) is 72.3 cm³/mol. The summed E-state index contributed by atoms with van der Waals surface area (Å²) < 4.78 is 3.53. The highest BCUT2D eigenvalue weighted by Crippen LogP contribution is 2.16. The Morgan fingerprint density at radius 1 is 1.29 bits per heavy atom. The molecule has 2 heterocycles. The van der Waals surface area contributed by atoms with E-state index in [1.807, 2.05) is 0 Å². The smallest absolute Gasteiger partial charge is 0.185 e. The number of nitrogens with zero attached hydrogens (tertiary/aromatic N) is 2. The molecule has 3 rings (SSSR count). The number of thiazole rings is 1. The lowest BCUT2D eigenvalue weighted by atomic mass is 10.1. The highest BCUT2D eigenvalue weighted by Gasteiger charge is 2.11. The lowest BCUT2D eigenvalue weighted by molar-refractivity contribution is 0.452. The van der Waals surface area contributed by atoms with Crippen LogP contribution in [0.15, 0.2) is 29.3 Å². The Hall–Kier alpha value is -1.13. The fraction of sp³-hybridized carbons (Fsp3) is 0.462. The molecule has 3 nitrogen and oxygen atoms in total. The number of aryl methyl sites for hydroxylation is 1. The third kappa shape index (κ3) is 2.15. The minimum absolute atomic E-state index is 0.496. The van der Waals surface area contributed by atoms with E-state index in [-0.39, 0.29) is 0 Å². The molecule has 0 saturated carbocycles. The van der Waals surface area contributed by atoms with E-state index in [4.69, 9.17) is 4.99 Å². The SMILES string of the molecule is Cn1c(=NC2CCNCC2)sc2ccccc21. The van der Waals surface area contributed by atoms with Gasteiger partial charge in [0, 0.05) is 7.05 Å². The molecular formula is C13H17N3S. The fourth-order valence-corrected chi connectivity index (χ4v) is 3.39. The minimum atomic E-state index is 0.496. The lowest BCUT2D eigenvalue weighted by Gasteiger charge is -2.18. The Labute approximate surface area is 105 Å². The van der Waals surface area contributed by atoms with Crippen LogP contribution in [0.4, 0.5) is 0 Å². The summed E-state index contributed by atoms with van der Waals surface area (Å²) in [5.74, 6) is 0. The van der Waals surface area contributed by atoms with Gasteiger partial charge >= 0.3 is 0 Å². The molecule has 0 amide bonds. The maximum absolute atomic E-state index is 4.90. The van der Waals surface area contributed by atoms with Crippen LogP contribution in [0.2, 0.25) is 0 Å². The molecule has 1 aliphatic rings. The molecule has 1 aromatic heterocycles. The maximum atomic E-state index is 4.90. The molecule has 0 spiro atoms. The molecule has 1 saturated heterocycles. The summed E-state index contributed by atoms with van der Waals surface area (Å²) >= 11 is 1.79. The van der Waals surface area contributed by atoms with Crippen molar-refractivity contribution in [3.8, 4) is 0 Å². The number of hydrogen-bond acceptors (Lipinski definition) is 3. The number of hydrogen-bond donors (Lipinski definition) is 1. The van der Waals surface area contributed by atoms with Crippen molar-refractivity contribution in [2.75, 3.05) is 13.1 Å². The zero-order valence-electron chi connectivity index (χ0n) is 10.0. The molecule has 0 radical (unpaired) electrons. The molecule has 2 aromatic rings. The van der Waals surface area contributed by atoms with Crippen molar-refractivity contribution in [2.45, 2.75) is 18.9 Å². The summed E-state index contributed by atoms with van der Waals surface area (Å²) in [5, 5.41) is 3.38. The van der Waals surface area contributed by atoms with Crippen LogP contribution in [-0.2, 0) is 7.05 Å². The first-order chi connectivity index (χ1) is 8.34. The zero-order valence-corrected chi connectivity index (χ0v) is 10.8. The highest BCUT2D eigenvalue weighted by atomic mass is 32.1. The van der Waals surface area contributed by atoms with E-state index in [1.54, 1.807) is 11.3 Å². The number of benzene rings is 1. The molecule has 1 aromatic carbocycles. The Balaban J connectivity index is 2.04. The van der Waals surface area contributed by atoms with Crippen molar-refractivity contribution < 1.29 is 0 Å². The summed E-state index contributed by atoms with van der Waals surface area (Å²) in [6, 6.07) is 9.00. The molecule has 0 atom stereocenters. The van der Waals surface area contributed by atoms with Gasteiger partial charge in [0.05, 0.1) is 16.3 Å². The van der Waals surface area contributed by atoms with Crippen LogP contribution in [0.5, 0.6) is 0 Å². The van der Waals surface area contributed by atoms with E-state index in [0.717, 1.165) is 30.7 Å². The first-order valence-corrected chi connectivity index (χ1v) is 6.95. The van der Waals surface area contributed by atoms with E-state index in [1.165, 1.54) is 10.2 Å². The van der Waals surface area contributed by atoms with Crippen molar-refractivity contribution in [2.24, 2.45) is 12.0 Å². The topological polar surface area (TPSA) is 29.3 Å². The Bertz CT molecular complexity index is 576. The van der Waals surface area contributed by atoms with E-state index < -0.39 is 0 Å². The summed E-state index contributed by atoms with van der Waals surface area (Å²) in [4.78, 5) is 6.05. The average Bonchev–Trinajstić information content (AvgIpc) is 2.68. The standard InChI is InChI=1S/C13H17N3S/c1-16-11-4-2-3-5-12(11)17-13(16)15-10-6-8-14-9-7-10/h2-5,10,14H,6-9H2,1H3. The van der Waals surface area contributed by atoms with Crippen molar-refractivity contribution in [3.63, 3.8) is 0 Å². The quantitative estimate of drug-likeness (QED) is 0.819. The molecule has 1 fully saturated rings. The summed E-state index contributed by atoms with van der Waals surface area (Å²) in [6.07, 6.45) is 2.32. The van der Waals surface area contributed by atoms with Crippen molar-refractivity contribution in [1.82, 2.24) is 9.88 Å². The molecule has 4 heteroatoms. The second kappa shape index (κ2) is 4.63. The second-order valence-corrected chi connectivity index (χ2v) is 5.53. The number of piperidine rings is 1. The zero-order chi connectivity index (χ0) is 11.7. The molecular weight excluding hydrogens is 230 g/mol. The number of para-hydroxylation sites is 1. The third-order valence-electron chi connectivity index (χ3n) is 3.32. The van der Waals surface area contributed by atoms with E-state index >= 15 is 0 Å². The molecule has 0 unspecified atom stereocenters. The van der Waals surface area contributed by atoms with Gasteiger partial charge in [-0.05, 0) is 38.1 Å². The van der Waals surface area contributed by atoms with Crippen molar-refractivity contribution in [3.05, 3.63) is 29.1 Å². The predicted octanol–water partition coefficient (Wildman–Crippen LogP) is 1.89. The van der Waals surface area contributed by atoms with Gasteiger partial charge in [-0.15, -0.1) is 0 Å². The first kappa shape index (κ1) is 11.0. The van der Waals surface area contributed by atoms with Gasteiger partial charge in [-0.25, -0.2) is 0 Å². The van der Waals surface area contributed by atoms with Gasteiger partial charge in [0.25, 0.3) is 0 Å². The number of fused-ring (bicyclic) bond motifs is 1. The maximum Gasteiger partial charge on any atom is 0.185 e. The molecule has 90 valence electrons. The molecule has 0 bridgehead atoms. The van der Waals surface area contributed by atoms with Crippen LogP contribution in [0.1, 0.15) is 12.8 Å². The van der Waals surface area contributed by atoms with Gasteiger partial charge in [0.2, 0.25) is 0 Å². The molecule has 0 aliphatic carbocycles. The van der Waals surface area contributed by atoms with Gasteiger partial charge in [-0.3, -0.25) is 4.99 Å². The van der Waals surface area contributed by atoms with Crippen LogP contribution in [-0.4, -0.2) is 23.7 Å². The van der Waals surface area contributed by atoms with E-state index in [2.05, 4.69) is 41.2 Å². The summed E-state index contributed by atoms with van der Waals surface area (Å²) in [7, 11) is 2.11. The first-order valence-electron chi connectivity index (χ1n) is 6.14. The van der Waals surface area contributed by atoms with E-state index in [0.29, 0.717) is 6.04 Å². The van der Waals surface area contributed by atoms with Crippen molar-refractivity contribution in [1.29, 1.82) is 0 Å². The Morgan fingerprint density at radius 2 is 2.06 bits per heavy atom. The normalized spacial score (nSPS) is 19.0. The van der Waals surface area contributed by atoms with Gasteiger partial charge < -0.3 is 9.88 Å². The van der Waals surface area contributed by atoms with Gasteiger partial charge in [-0.2, -0.15) is 0 Å². The average molecular weight is 247 g/mol. The van der Waals surface area contributed by atoms with Crippen LogP contribution >= 0.6 is 11.3 Å². The van der Waals surface area contributed by atoms with Crippen LogP contribution in [0, 0.1) is 0 Å². The Morgan fingerprint density at radius 3 is 2.82 bits per heavy atom. The van der Waals surface area contributed by atoms with Gasteiger partial charge in [-0.1, -0.05) is 23.5 Å². The monoisotopic (exact) mass is 247 g/mol. The molecule has 17 heavy (non-hydrogen) atoms. The van der Waals surface area contributed by atoms with Gasteiger partial charge in [0.15, 0.2) is 4.80 Å². The van der Waals surface area contributed by atoms with E-state index in [9.17, 15) is 0 Å². The lowest BCUT2D eigenvalue weighted by Crippen LogP contribution is -2.31. The summed E-state index contributed by atoms with van der Waals surface area (Å²) in [5.41, 5.74) is 1.28. The van der Waals surface area contributed by atoms with Gasteiger partial charge in [0.1, 0.15) is 0 Å².